The minimum Gasteiger partial charge on any atom is -0.288 e. The second-order valence-corrected chi connectivity index (χ2v) is 7.06. The lowest BCUT2D eigenvalue weighted by Crippen LogP contribution is -2.16. The molecule has 0 heterocycles. The summed E-state index contributed by atoms with van der Waals surface area (Å²) in [5, 5.41) is 0. The molecule has 0 aromatic heterocycles. The van der Waals surface area contributed by atoms with Crippen LogP contribution in [-0.2, 0) is 0 Å². The van der Waals surface area contributed by atoms with Crippen molar-refractivity contribution in [1.29, 1.82) is 0 Å². The van der Waals surface area contributed by atoms with Gasteiger partial charge in [0.05, 0.1) is 5.71 Å². The number of nitrogens with zero attached hydrogens (tertiary/aromatic N) is 1. The lowest BCUT2D eigenvalue weighted by molar-refractivity contribution is 0.381. The maximum atomic E-state index is 4.42. The zero-order valence-electron chi connectivity index (χ0n) is 13.6. The predicted octanol–water partition coefficient (Wildman–Crippen LogP) is 5.43. The van der Waals surface area contributed by atoms with Crippen molar-refractivity contribution in [2.45, 2.75) is 61.3 Å². The van der Waals surface area contributed by atoms with Gasteiger partial charge in [-0.3, -0.25) is 4.99 Å². The molecule has 0 unspecified atom stereocenters. The fraction of sp³-hybridized carbons (Fsp3) is 0.706. The van der Waals surface area contributed by atoms with Gasteiger partial charge in [0.25, 0.3) is 0 Å². The van der Waals surface area contributed by atoms with Gasteiger partial charge in [0.2, 0.25) is 0 Å². The molecule has 0 aromatic rings. The normalized spacial score (nSPS) is 15.6. The number of allylic oxidation sites excluding steroid dienone is 4. The van der Waals surface area contributed by atoms with Gasteiger partial charge in [-0.15, -0.1) is 0 Å². The van der Waals surface area contributed by atoms with Gasteiger partial charge in [0, 0.05) is 7.05 Å². The van der Waals surface area contributed by atoms with Gasteiger partial charge in [-0.05, 0) is 42.2 Å². The highest BCUT2D eigenvalue weighted by molar-refractivity contribution is 6.09. The van der Waals surface area contributed by atoms with E-state index in [4.69, 9.17) is 0 Å². The zero-order chi connectivity index (χ0) is 14.4. The van der Waals surface area contributed by atoms with Crippen LogP contribution in [0.1, 0.15) is 61.3 Å². The highest BCUT2D eigenvalue weighted by atomic mass is 14.7. The van der Waals surface area contributed by atoms with E-state index in [1.807, 2.05) is 7.05 Å². The predicted molar refractivity (Wildman–Crippen MR) is 84.4 cm³/mol. The third-order valence-electron chi connectivity index (χ3n) is 2.95. The van der Waals surface area contributed by atoms with Crippen molar-refractivity contribution in [3.8, 4) is 0 Å². The molecular weight excluding hydrogens is 218 g/mol. The minimum atomic E-state index is 0.151. The first-order valence-electron chi connectivity index (χ1n) is 6.92. The number of hydrogen-bond acceptors (Lipinski definition) is 1. The van der Waals surface area contributed by atoms with E-state index in [1.165, 1.54) is 12.0 Å². The number of rotatable bonds is 4. The van der Waals surface area contributed by atoms with Crippen LogP contribution in [0.4, 0.5) is 0 Å². The van der Waals surface area contributed by atoms with Crippen molar-refractivity contribution in [2.75, 3.05) is 7.05 Å². The van der Waals surface area contributed by atoms with Gasteiger partial charge in [0.1, 0.15) is 0 Å². The van der Waals surface area contributed by atoms with Crippen LogP contribution in [0.2, 0.25) is 0 Å². The summed E-state index contributed by atoms with van der Waals surface area (Å²) in [6.07, 6.45) is 8.93. The summed E-state index contributed by atoms with van der Waals surface area (Å²) < 4.78 is 0. The molecule has 0 aliphatic heterocycles. The topological polar surface area (TPSA) is 12.4 Å². The standard InChI is InChI=1S/C17H31N/c1-9-14(17(5,6)7)15(18-8)12-10-11-13-16(2,3)4/h9-10,12H,11,13H2,1-8H3/b12-10-,14-9+,18-15?. The van der Waals surface area contributed by atoms with Crippen LogP contribution in [0.25, 0.3) is 0 Å². The maximum Gasteiger partial charge on any atom is 0.0601 e. The molecule has 1 nitrogen and oxygen atoms in total. The van der Waals surface area contributed by atoms with Crippen molar-refractivity contribution in [3.05, 3.63) is 23.8 Å². The second kappa shape index (κ2) is 6.92. The molecule has 0 aromatic carbocycles. The fourth-order valence-electron chi connectivity index (χ4n) is 1.96. The number of hydrogen-bond donors (Lipinski definition) is 0. The van der Waals surface area contributed by atoms with Crippen LogP contribution in [-0.4, -0.2) is 12.8 Å². The maximum absolute atomic E-state index is 4.42. The Kier molecular flexibility index (Phi) is 6.59. The molecule has 0 saturated carbocycles. The summed E-state index contributed by atoms with van der Waals surface area (Å²) in [5.41, 5.74) is 2.98. The van der Waals surface area contributed by atoms with Gasteiger partial charge in [-0.25, -0.2) is 0 Å². The lowest BCUT2D eigenvalue weighted by Gasteiger charge is -2.23. The Balaban J connectivity index is 4.69. The fourth-order valence-corrected chi connectivity index (χ4v) is 1.96. The first-order chi connectivity index (χ1) is 8.11. The Morgan fingerprint density at radius 2 is 1.61 bits per heavy atom. The summed E-state index contributed by atoms with van der Waals surface area (Å²) in [7, 11) is 1.87. The second-order valence-electron chi connectivity index (χ2n) is 7.06. The van der Waals surface area contributed by atoms with Crippen LogP contribution in [0.3, 0.4) is 0 Å². The zero-order valence-corrected chi connectivity index (χ0v) is 13.6. The Bertz CT molecular complexity index is 330. The van der Waals surface area contributed by atoms with Gasteiger partial charge in [-0.2, -0.15) is 0 Å². The summed E-state index contributed by atoms with van der Waals surface area (Å²) in [6, 6.07) is 0. The van der Waals surface area contributed by atoms with E-state index in [-0.39, 0.29) is 5.41 Å². The molecular formula is C17H31N. The van der Waals surface area contributed by atoms with Crippen LogP contribution in [0.15, 0.2) is 28.8 Å². The van der Waals surface area contributed by atoms with E-state index in [9.17, 15) is 0 Å². The Morgan fingerprint density at radius 1 is 1.06 bits per heavy atom. The van der Waals surface area contributed by atoms with E-state index in [1.54, 1.807) is 0 Å². The molecule has 0 fully saturated rings. The molecule has 0 spiro atoms. The van der Waals surface area contributed by atoms with Crippen molar-refractivity contribution in [1.82, 2.24) is 0 Å². The van der Waals surface area contributed by atoms with Gasteiger partial charge in [0.15, 0.2) is 0 Å². The molecule has 104 valence electrons. The number of aliphatic imine (C=N–C) groups is 1. The molecule has 0 aliphatic rings. The van der Waals surface area contributed by atoms with Gasteiger partial charge < -0.3 is 0 Å². The van der Waals surface area contributed by atoms with E-state index < -0.39 is 0 Å². The molecule has 0 atom stereocenters. The molecule has 0 bridgehead atoms. The third kappa shape index (κ3) is 6.78. The minimum absolute atomic E-state index is 0.151. The quantitative estimate of drug-likeness (QED) is 0.589. The summed E-state index contributed by atoms with van der Waals surface area (Å²) >= 11 is 0. The van der Waals surface area contributed by atoms with Crippen molar-refractivity contribution >= 4 is 5.71 Å². The lowest BCUT2D eigenvalue weighted by atomic mass is 9.83. The van der Waals surface area contributed by atoms with Crippen molar-refractivity contribution in [2.24, 2.45) is 15.8 Å². The largest absolute Gasteiger partial charge is 0.288 e. The van der Waals surface area contributed by atoms with E-state index in [0.29, 0.717) is 5.41 Å². The average Bonchev–Trinajstić information content (AvgIpc) is 2.19. The molecule has 0 N–H and O–H groups in total. The smallest absolute Gasteiger partial charge is 0.0601 e. The van der Waals surface area contributed by atoms with Crippen LogP contribution >= 0.6 is 0 Å². The SMILES string of the molecule is C/C=C(\C(/C=C\CCC(C)(C)C)=NC)C(C)(C)C. The molecule has 0 amide bonds. The Morgan fingerprint density at radius 3 is 1.94 bits per heavy atom. The van der Waals surface area contributed by atoms with Gasteiger partial charge in [-0.1, -0.05) is 53.7 Å². The monoisotopic (exact) mass is 249 g/mol. The van der Waals surface area contributed by atoms with Crippen molar-refractivity contribution < 1.29 is 0 Å². The highest BCUT2D eigenvalue weighted by Gasteiger charge is 2.19. The van der Waals surface area contributed by atoms with Crippen LogP contribution < -0.4 is 0 Å². The van der Waals surface area contributed by atoms with Crippen molar-refractivity contribution in [3.63, 3.8) is 0 Å². The van der Waals surface area contributed by atoms with Crippen LogP contribution in [0, 0.1) is 10.8 Å². The van der Waals surface area contributed by atoms with Crippen LogP contribution in [0.5, 0.6) is 0 Å². The summed E-state index contributed by atoms with van der Waals surface area (Å²) in [5.74, 6) is 0. The average molecular weight is 249 g/mol. The molecule has 0 rings (SSSR count). The first kappa shape index (κ1) is 17.2. The highest BCUT2D eigenvalue weighted by Crippen LogP contribution is 2.27. The van der Waals surface area contributed by atoms with E-state index >= 15 is 0 Å². The summed E-state index contributed by atoms with van der Waals surface area (Å²) in [4.78, 5) is 4.42. The molecule has 0 radical (unpaired) electrons. The van der Waals surface area contributed by atoms with E-state index in [0.717, 1.165) is 12.1 Å². The van der Waals surface area contributed by atoms with E-state index in [2.05, 4.69) is 71.7 Å². The molecule has 18 heavy (non-hydrogen) atoms. The first-order valence-corrected chi connectivity index (χ1v) is 6.92. The summed E-state index contributed by atoms with van der Waals surface area (Å²) in [6.45, 7) is 15.6. The third-order valence-corrected chi connectivity index (χ3v) is 2.95. The molecule has 0 saturated heterocycles. The van der Waals surface area contributed by atoms with Gasteiger partial charge >= 0.3 is 0 Å². The molecule has 0 aliphatic carbocycles. The Hall–Kier alpha value is -0.850. The Labute approximate surface area is 114 Å². The molecule has 1 heteroatoms.